The van der Waals surface area contributed by atoms with E-state index in [9.17, 15) is 0 Å². The fourth-order valence-corrected chi connectivity index (χ4v) is 1.37. The third-order valence-corrected chi connectivity index (χ3v) is 1.98. The van der Waals surface area contributed by atoms with Gasteiger partial charge in [-0.05, 0) is 12.1 Å². The van der Waals surface area contributed by atoms with Gasteiger partial charge in [0.2, 0.25) is 0 Å². The number of aromatic nitrogens is 2. The number of methoxy groups -OCH3 is 1. The van der Waals surface area contributed by atoms with Crippen LogP contribution in [-0.2, 0) is 6.54 Å². The van der Waals surface area contributed by atoms with Gasteiger partial charge in [-0.15, -0.1) is 0 Å². The predicted molar refractivity (Wildman–Crippen MR) is 49.6 cm³/mol. The first-order valence-electron chi connectivity index (χ1n) is 4.06. The van der Waals surface area contributed by atoms with Crippen molar-refractivity contribution in [1.29, 1.82) is 0 Å². The normalized spacial score (nSPS) is 10.6. The maximum absolute atomic E-state index is 5.57. The number of imidazole rings is 1. The van der Waals surface area contributed by atoms with E-state index in [0.717, 1.165) is 17.2 Å². The second kappa shape index (κ2) is 3.06. The van der Waals surface area contributed by atoms with E-state index in [1.165, 1.54) is 0 Å². The molecule has 0 aromatic carbocycles. The van der Waals surface area contributed by atoms with Crippen LogP contribution in [0, 0.1) is 0 Å². The highest BCUT2D eigenvalue weighted by atomic mass is 16.5. The molecule has 0 fully saturated rings. The number of pyridine rings is 1. The van der Waals surface area contributed by atoms with Gasteiger partial charge in [-0.25, -0.2) is 4.98 Å². The Hall–Kier alpha value is -1.55. The molecule has 2 N–H and O–H groups in total. The summed E-state index contributed by atoms with van der Waals surface area (Å²) in [6.07, 6.45) is 1.76. The Morgan fingerprint density at radius 3 is 3.08 bits per heavy atom. The summed E-state index contributed by atoms with van der Waals surface area (Å²) in [4.78, 5) is 4.20. The maximum atomic E-state index is 5.57. The fraction of sp³-hybridized carbons (Fsp3) is 0.222. The molecular weight excluding hydrogens is 166 g/mol. The molecule has 0 aliphatic rings. The molecule has 0 saturated carbocycles. The molecule has 4 nitrogen and oxygen atoms in total. The van der Waals surface area contributed by atoms with Gasteiger partial charge in [0.05, 0.1) is 19.0 Å². The zero-order chi connectivity index (χ0) is 9.26. The van der Waals surface area contributed by atoms with E-state index in [0.29, 0.717) is 6.54 Å². The minimum atomic E-state index is 0.460. The number of hydrogen-bond acceptors (Lipinski definition) is 3. The monoisotopic (exact) mass is 177 g/mol. The molecule has 0 atom stereocenters. The van der Waals surface area contributed by atoms with Crippen molar-refractivity contribution in [2.45, 2.75) is 6.54 Å². The molecule has 0 unspecified atom stereocenters. The second-order valence-electron chi connectivity index (χ2n) is 2.72. The smallest absolute Gasteiger partial charge is 0.199 e. The summed E-state index contributed by atoms with van der Waals surface area (Å²) in [7, 11) is 1.63. The summed E-state index contributed by atoms with van der Waals surface area (Å²) in [6.45, 7) is 0.460. The molecule has 0 saturated heterocycles. The van der Waals surface area contributed by atoms with Crippen LogP contribution in [0.2, 0.25) is 0 Å². The Balaban J connectivity index is 2.76. The van der Waals surface area contributed by atoms with Gasteiger partial charge in [0.25, 0.3) is 0 Å². The lowest BCUT2D eigenvalue weighted by atomic mass is 10.4. The van der Waals surface area contributed by atoms with Crippen LogP contribution in [0.1, 0.15) is 5.69 Å². The third kappa shape index (κ3) is 1.15. The van der Waals surface area contributed by atoms with E-state index in [4.69, 9.17) is 10.5 Å². The molecule has 0 bridgehead atoms. The molecule has 4 heteroatoms. The number of rotatable bonds is 2. The summed E-state index contributed by atoms with van der Waals surface area (Å²) in [5.41, 5.74) is 7.38. The van der Waals surface area contributed by atoms with Crippen LogP contribution in [0.4, 0.5) is 0 Å². The van der Waals surface area contributed by atoms with Crippen molar-refractivity contribution in [3.63, 3.8) is 0 Å². The van der Waals surface area contributed by atoms with Crippen molar-refractivity contribution in [2.75, 3.05) is 7.11 Å². The molecular formula is C9H11N3O. The highest BCUT2D eigenvalue weighted by molar-refractivity contribution is 5.44. The zero-order valence-corrected chi connectivity index (χ0v) is 7.40. The first kappa shape index (κ1) is 8.07. The number of hydrogen-bond donors (Lipinski definition) is 1. The minimum Gasteiger partial charge on any atom is -0.482 e. The summed E-state index contributed by atoms with van der Waals surface area (Å²) >= 11 is 0. The lowest BCUT2D eigenvalue weighted by Crippen LogP contribution is -2.03. The van der Waals surface area contributed by atoms with Crippen LogP contribution in [0.5, 0.6) is 5.88 Å². The lowest BCUT2D eigenvalue weighted by molar-refractivity contribution is 0.390. The number of nitrogens with two attached hydrogens (primary N) is 1. The van der Waals surface area contributed by atoms with E-state index in [1.807, 2.05) is 22.6 Å². The Bertz CT molecular complexity index is 422. The van der Waals surface area contributed by atoms with Gasteiger partial charge >= 0.3 is 0 Å². The molecule has 2 rings (SSSR count). The van der Waals surface area contributed by atoms with Gasteiger partial charge in [0, 0.05) is 6.54 Å². The number of ether oxygens (including phenoxy) is 1. The molecule has 0 spiro atoms. The summed E-state index contributed by atoms with van der Waals surface area (Å²) in [6, 6.07) is 5.71. The molecule has 0 radical (unpaired) electrons. The van der Waals surface area contributed by atoms with Gasteiger partial charge in [0.15, 0.2) is 5.88 Å². The summed E-state index contributed by atoms with van der Waals surface area (Å²) in [5, 5.41) is 0. The van der Waals surface area contributed by atoms with Crippen LogP contribution in [0.25, 0.3) is 5.65 Å². The van der Waals surface area contributed by atoms with Gasteiger partial charge < -0.3 is 10.5 Å². The molecule has 2 heterocycles. The summed E-state index contributed by atoms with van der Waals surface area (Å²) < 4.78 is 7.10. The highest BCUT2D eigenvalue weighted by Gasteiger charge is 2.04. The maximum Gasteiger partial charge on any atom is 0.199 e. The van der Waals surface area contributed by atoms with Crippen molar-refractivity contribution in [3.8, 4) is 5.88 Å². The van der Waals surface area contributed by atoms with Gasteiger partial charge in [0.1, 0.15) is 5.65 Å². The van der Waals surface area contributed by atoms with Crippen LogP contribution in [0.15, 0.2) is 24.4 Å². The van der Waals surface area contributed by atoms with E-state index >= 15 is 0 Å². The molecule has 68 valence electrons. The topological polar surface area (TPSA) is 52.5 Å². The molecule has 0 aliphatic heterocycles. The van der Waals surface area contributed by atoms with Gasteiger partial charge in [-0.2, -0.15) is 0 Å². The SMILES string of the molecule is COc1cccc2ncc(CN)n12. The van der Waals surface area contributed by atoms with Crippen molar-refractivity contribution in [2.24, 2.45) is 5.73 Å². The summed E-state index contributed by atoms with van der Waals surface area (Å²) in [5.74, 6) is 0.760. The Morgan fingerprint density at radius 1 is 1.54 bits per heavy atom. The third-order valence-electron chi connectivity index (χ3n) is 1.98. The van der Waals surface area contributed by atoms with Crippen LogP contribution >= 0.6 is 0 Å². The second-order valence-corrected chi connectivity index (χ2v) is 2.72. The highest BCUT2D eigenvalue weighted by Crippen LogP contribution is 2.15. The van der Waals surface area contributed by atoms with Gasteiger partial charge in [-0.1, -0.05) is 6.07 Å². The van der Waals surface area contributed by atoms with Crippen LogP contribution < -0.4 is 10.5 Å². The van der Waals surface area contributed by atoms with Crippen molar-refractivity contribution in [3.05, 3.63) is 30.1 Å². The lowest BCUT2D eigenvalue weighted by Gasteiger charge is -2.05. The molecule has 13 heavy (non-hydrogen) atoms. The first-order valence-corrected chi connectivity index (χ1v) is 4.06. The number of fused-ring (bicyclic) bond motifs is 1. The Kier molecular flexibility index (Phi) is 1.90. The predicted octanol–water partition coefficient (Wildman–Crippen LogP) is 0.802. The standard InChI is InChI=1S/C9H11N3O/c1-13-9-4-2-3-8-11-6-7(5-10)12(8)9/h2-4,6H,5,10H2,1H3. The van der Waals surface area contributed by atoms with E-state index in [1.54, 1.807) is 13.3 Å². The quantitative estimate of drug-likeness (QED) is 0.738. The van der Waals surface area contributed by atoms with Gasteiger partial charge in [-0.3, -0.25) is 4.40 Å². The molecule has 2 aromatic rings. The zero-order valence-electron chi connectivity index (χ0n) is 7.40. The van der Waals surface area contributed by atoms with E-state index < -0.39 is 0 Å². The average molecular weight is 177 g/mol. The van der Waals surface area contributed by atoms with Crippen LogP contribution in [0.3, 0.4) is 0 Å². The average Bonchev–Trinajstić information content (AvgIpc) is 2.60. The first-order chi connectivity index (χ1) is 6.36. The largest absolute Gasteiger partial charge is 0.482 e. The van der Waals surface area contributed by atoms with Crippen molar-refractivity contribution < 1.29 is 4.74 Å². The van der Waals surface area contributed by atoms with Crippen molar-refractivity contribution in [1.82, 2.24) is 9.38 Å². The van der Waals surface area contributed by atoms with E-state index in [2.05, 4.69) is 4.98 Å². The van der Waals surface area contributed by atoms with Crippen molar-refractivity contribution >= 4 is 5.65 Å². The van der Waals surface area contributed by atoms with E-state index in [-0.39, 0.29) is 0 Å². The molecule has 0 amide bonds. The minimum absolute atomic E-state index is 0.460. The fourth-order valence-electron chi connectivity index (χ4n) is 1.37. The molecule has 0 aliphatic carbocycles. The Morgan fingerprint density at radius 2 is 2.38 bits per heavy atom. The number of nitrogens with zero attached hydrogens (tertiary/aromatic N) is 2. The molecule has 2 aromatic heterocycles. The Labute approximate surface area is 76.0 Å². The van der Waals surface area contributed by atoms with Crippen LogP contribution in [-0.4, -0.2) is 16.5 Å².